The monoisotopic (exact) mass is 269 g/mol. The molecule has 0 amide bonds. The number of rotatable bonds is 2. The van der Waals surface area contributed by atoms with Crippen LogP contribution in [-0.4, -0.2) is 23.1 Å². The minimum Gasteiger partial charge on any atom is -0.356 e. The van der Waals surface area contributed by atoms with E-state index in [1.165, 1.54) is 19.3 Å². The third-order valence-electron chi connectivity index (χ3n) is 3.14. The van der Waals surface area contributed by atoms with Crippen LogP contribution in [0.1, 0.15) is 26.2 Å². The average molecular weight is 270 g/mol. The second-order valence-corrected chi connectivity index (χ2v) is 4.85. The molecule has 1 aliphatic heterocycles. The second kappa shape index (κ2) is 4.92. The summed E-state index contributed by atoms with van der Waals surface area (Å²) >= 11 is 3.38. The number of piperidine rings is 1. The van der Waals surface area contributed by atoms with E-state index in [9.17, 15) is 0 Å². The number of hydrogen-bond acceptors (Lipinski definition) is 3. The van der Waals surface area contributed by atoms with Gasteiger partial charge in [0.05, 0.1) is 0 Å². The highest BCUT2D eigenvalue weighted by Crippen LogP contribution is 2.24. The Morgan fingerprint density at radius 3 is 2.73 bits per heavy atom. The molecule has 0 aromatic carbocycles. The summed E-state index contributed by atoms with van der Waals surface area (Å²) < 4.78 is 0.866. The Kier molecular flexibility index (Phi) is 3.57. The van der Waals surface area contributed by atoms with Crippen LogP contribution in [0.4, 0.5) is 5.82 Å². The first-order valence-corrected chi connectivity index (χ1v) is 6.31. The fourth-order valence-electron chi connectivity index (χ4n) is 2.07. The molecule has 0 bridgehead atoms. The molecule has 2 rings (SSSR count). The van der Waals surface area contributed by atoms with Gasteiger partial charge in [-0.2, -0.15) is 0 Å². The van der Waals surface area contributed by atoms with Gasteiger partial charge in [-0.1, -0.05) is 13.3 Å². The highest BCUT2D eigenvalue weighted by atomic mass is 79.9. The quantitative estimate of drug-likeness (QED) is 0.774. The van der Waals surface area contributed by atoms with Crippen LogP contribution in [-0.2, 0) is 0 Å². The Bertz CT molecular complexity index is 321. The van der Waals surface area contributed by atoms with Gasteiger partial charge in [-0.3, -0.25) is 0 Å². The zero-order valence-electron chi connectivity index (χ0n) is 8.99. The van der Waals surface area contributed by atoms with Crippen LogP contribution in [0.25, 0.3) is 0 Å². The predicted molar refractivity (Wildman–Crippen MR) is 65.0 cm³/mol. The maximum absolute atomic E-state index is 4.30. The van der Waals surface area contributed by atoms with Crippen molar-refractivity contribution in [1.82, 2.24) is 9.97 Å². The average Bonchev–Trinajstić information content (AvgIpc) is 2.29. The standard InChI is InChI=1S/C11H16BrN3/c1-2-9-3-5-15(6-4-9)11-7-10(12)13-8-14-11/h7-9H,2-6H2,1H3. The highest BCUT2D eigenvalue weighted by molar-refractivity contribution is 9.10. The van der Waals surface area contributed by atoms with Gasteiger partial charge in [-0.25, -0.2) is 9.97 Å². The van der Waals surface area contributed by atoms with Crippen molar-refractivity contribution in [2.24, 2.45) is 5.92 Å². The minimum atomic E-state index is 0.866. The topological polar surface area (TPSA) is 29.0 Å². The zero-order valence-corrected chi connectivity index (χ0v) is 10.6. The number of nitrogens with zero attached hydrogens (tertiary/aromatic N) is 3. The molecule has 4 heteroatoms. The molecule has 2 heterocycles. The molecular weight excluding hydrogens is 254 g/mol. The molecule has 1 fully saturated rings. The number of anilines is 1. The maximum atomic E-state index is 4.30. The minimum absolute atomic E-state index is 0.866. The molecule has 1 aromatic rings. The summed E-state index contributed by atoms with van der Waals surface area (Å²) in [5, 5.41) is 0. The molecule has 1 saturated heterocycles. The fourth-order valence-corrected chi connectivity index (χ4v) is 2.36. The molecule has 0 unspecified atom stereocenters. The Labute approximate surface area is 99.0 Å². The van der Waals surface area contributed by atoms with Crippen LogP contribution >= 0.6 is 15.9 Å². The normalized spacial score (nSPS) is 18.1. The van der Waals surface area contributed by atoms with Crippen molar-refractivity contribution in [3.8, 4) is 0 Å². The lowest BCUT2D eigenvalue weighted by Crippen LogP contribution is -2.34. The lowest BCUT2D eigenvalue weighted by atomic mass is 9.94. The summed E-state index contributed by atoms with van der Waals surface area (Å²) in [6, 6.07) is 1.99. The molecule has 0 saturated carbocycles. The van der Waals surface area contributed by atoms with Crippen molar-refractivity contribution in [1.29, 1.82) is 0 Å². The smallest absolute Gasteiger partial charge is 0.133 e. The van der Waals surface area contributed by atoms with Crippen molar-refractivity contribution >= 4 is 21.7 Å². The van der Waals surface area contributed by atoms with Gasteiger partial charge < -0.3 is 4.90 Å². The number of hydrogen-bond donors (Lipinski definition) is 0. The van der Waals surface area contributed by atoms with Crippen molar-refractivity contribution in [2.75, 3.05) is 18.0 Å². The van der Waals surface area contributed by atoms with Gasteiger partial charge in [0, 0.05) is 19.2 Å². The molecule has 0 N–H and O–H groups in total. The van der Waals surface area contributed by atoms with Crippen molar-refractivity contribution < 1.29 is 0 Å². The van der Waals surface area contributed by atoms with Crippen LogP contribution in [0.15, 0.2) is 17.0 Å². The third-order valence-corrected chi connectivity index (χ3v) is 3.57. The van der Waals surface area contributed by atoms with Crippen LogP contribution < -0.4 is 4.90 Å². The van der Waals surface area contributed by atoms with Crippen molar-refractivity contribution in [2.45, 2.75) is 26.2 Å². The van der Waals surface area contributed by atoms with E-state index in [0.717, 1.165) is 29.4 Å². The lowest BCUT2D eigenvalue weighted by molar-refractivity contribution is 0.393. The van der Waals surface area contributed by atoms with Gasteiger partial charge in [-0.05, 0) is 34.7 Å². The Morgan fingerprint density at radius 1 is 1.40 bits per heavy atom. The Balaban J connectivity index is 2.01. The summed E-state index contributed by atoms with van der Waals surface area (Å²) in [5.74, 6) is 1.96. The predicted octanol–water partition coefficient (Wildman–Crippen LogP) is 2.87. The van der Waals surface area contributed by atoms with E-state index >= 15 is 0 Å². The van der Waals surface area contributed by atoms with E-state index in [-0.39, 0.29) is 0 Å². The Morgan fingerprint density at radius 2 is 2.13 bits per heavy atom. The summed E-state index contributed by atoms with van der Waals surface area (Å²) in [5.41, 5.74) is 0. The summed E-state index contributed by atoms with van der Waals surface area (Å²) in [6.45, 7) is 4.53. The molecule has 15 heavy (non-hydrogen) atoms. The first-order chi connectivity index (χ1) is 7.29. The van der Waals surface area contributed by atoms with Crippen LogP contribution in [0, 0.1) is 5.92 Å². The molecule has 1 aliphatic rings. The first kappa shape index (κ1) is 10.9. The van der Waals surface area contributed by atoms with Gasteiger partial charge in [0.15, 0.2) is 0 Å². The van der Waals surface area contributed by atoms with Crippen LogP contribution in [0.2, 0.25) is 0 Å². The van der Waals surface area contributed by atoms with Crippen molar-refractivity contribution in [3.05, 3.63) is 17.0 Å². The molecule has 1 aromatic heterocycles. The molecule has 82 valence electrons. The number of halogens is 1. The second-order valence-electron chi connectivity index (χ2n) is 4.04. The van der Waals surface area contributed by atoms with Crippen LogP contribution in [0.3, 0.4) is 0 Å². The summed E-state index contributed by atoms with van der Waals surface area (Å²) in [7, 11) is 0. The first-order valence-electron chi connectivity index (χ1n) is 5.52. The van der Waals surface area contributed by atoms with E-state index in [0.29, 0.717) is 0 Å². The van der Waals surface area contributed by atoms with Crippen molar-refractivity contribution in [3.63, 3.8) is 0 Å². The van der Waals surface area contributed by atoms with Gasteiger partial charge in [-0.15, -0.1) is 0 Å². The van der Waals surface area contributed by atoms with E-state index in [2.05, 4.69) is 37.7 Å². The van der Waals surface area contributed by atoms with Gasteiger partial charge in [0.1, 0.15) is 16.7 Å². The molecule has 0 atom stereocenters. The van der Waals surface area contributed by atoms with Gasteiger partial charge in [0.2, 0.25) is 0 Å². The molecule has 3 nitrogen and oxygen atoms in total. The lowest BCUT2D eigenvalue weighted by Gasteiger charge is -2.32. The summed E-state index contributed by atoms with van der Waals surface area (Å²) in [4.78, 5) is 10.7. The van der Waals surface area contributed by atoms with Gasteiger partial charge >= 0.3 is 0 Å². The van der Waals surface area contributed by atoms with E-state index in [1.807, 2.05) is 6.07 Å². The maximum Gasteiger partial charge on any atom is 0.133 e. The third kappa shape index (κ3) is 2.68. The van der Waals surface area contributed by atoms with Crippen LogP contribution in [0.5, 0.6) is 0 Å². The van der Waals surface area contributed by atoms with E-state index in [1.54, 1.807) is 6.33 Å². The molecule has 0 radical (unpaired) electrons. The van der Waals surface area contributed by atoms with Gasteiger partial charge in [0.25, 0.3) is 0 Å². The number of aromatic nitrogens is 2. The zero-order chi connectivity index (χ0) is 10.7. The largest absolute Gasteiger partial charge is 0.356 e. The molecular formula is C11H16BrN3. The highest BCUT2D eigenvalue weighted by Gasteiger charge is 2.18. The molecule has 0 spiro atoms. The fraction of sp³-hybridized carbons (Fsp3) is 0.636. The van der Waals surface area contributed by atoms with E-state index < -0.39 is 0 Å². The SMILES string of the molecule is CCC1CCN(c2cc(Br)ncn2)CC1. The Hall–Kier alpha value is -0.640. The summed E-state index contributed by atoms with van der Waals surface area (Å²) in [6.07, 6.45) is 5.50. The molecule has 0 aliphatic carbocycles. The van der Waals surface area contributed by atoms with E-state index in [4.69, 9.17) is 0 Å².